The zero-order valence-corrected chi connectivity index (χ0v) is 18.5. The monoisotopic (exact) mass is 453 g/mol. The van der Waals surface area contributed by atoms with Crippen LogP contribution in [0.3, 0.4) is 0 Å². The molecule has 166 valence electrons. The van der Waals surface area contributed by atoms with Gasteiger partial charge in [-0.05, 0) is 19.1 Å². The first-order valence-electron chi connectivity index (χ1n) is 10.3. The number of carbonyl (C=O) groups is 2. The van der Waals surface area contributed by atoms with E-state index in [1.54, 1.807) is 18.0 Å². The van der Waals surface area contributed by atoms with E-state index in [0.29, 0.717) is 23.7 Å². The van der Waals surface area contributed by atoms with Crippen molar-refractivity contribution < 1.29 is 23.6 Å². The molecular weight excluding hydrogens is 430 g/mol. The van der Waals surface area contributed by atoms with Gasteiger partial charge in [0.05, 0.1) is 5.03 Å². The number of ether oxygens (including phenoxy) is 1. The minimum Gasteiger partial charge on any atom is -0.448 e. The van der Waals surface area contributed by atoms with Crippen LogP contribution in [0.25, 0.3) is 0 Å². The van der Waals surface area contributed by atoms with E-state index in [1.165, 1.54) is 6.39 Å². The third-order valence-corrected chi connectivity index (χ3v) is 6.18. The number of hydrogen-bond donors (Lipinski definition) is 0. The molecule has 3 aromatic rings. The number of oxazole rings is 1. The van der Waals surface area contributed by atoms with E-state index in [-0.39, 0.29) is 11.6 Å². The Kier molecular flexibility index (Phi) is 6.87. The number of carbonyl (C=O) groups excluding carboxylic acids is 2. The van der Waals surface area contributed by atoms with Gasteiger partial charge in [-0.1, -0.05) is 43.3 Å². The van der Waals surface area contributed by atoms with Gasteiger partial charge in [-0.25, -0.2) is 14.8 Å². The van der Waals surface area contributed by atoms with Gasteiger partial charge in [0.15, 0.2) is 18.5 Å². The van der Waals surface area contributed by atoms with Crippen molar-refractivity contribution in [1.82, 2.24) is 15.0 Å². The molecule has 0 N–H and O–H groups in total. The Morgan fingerprint density at radius 1 is 1.12 bits per heavy atom. The number of aromatic nitrogens is 2. The van der Waals surface area contributed by atoms with Crippen LogP contribution in [0.1, 0.15) is 48.9 Å². The Balaban J connectivity index is 1.54. The zero-order valence-electron chi connectivity index (χ0n) is 17.7. The number of rotatable bonds is 9. The van der Waals surface area contributed by atoms with E-state index in [2.05, 4.69) is 9.97 Å². The lowest BCUT2D eigenvalue weighted by Gasteiger charge is -2.25. The number of amides is 1. The molecule has 1 aliphatic rings. The highest BCUT2D eigenvalue weighted by Crippen LogP contribution is 2.37. The van der Waals surface area contributed by atoms with Gasteiger partial charge in [0.25, 0.3) is 5.91 Å². The van der Waals surface area contributed by atoms with E-state index < -0.39 is 24.0 Å². The van der Waals surface area contributed by atoms with Crippen LogP contribution in [0.4, 0.5) is 0 Å². The number of hydrogen-bond acceptors (Lipinski definition) is 8. The first kappa shape index (κ1) is 22.0. The minimum absolute atomic E-state index is 0.106. The van der Waals surface area contributed by atoms with E-state index in [9.17, 15) is 9.59 Å². The van der Waals surface area contributed by atoms with E-state index in [1.807, 2.05) is 62.4 Å². The first-order chi connectivity index (χ1) is 15.6. The Labute approximate surface area is 189 Å². The molecular formula is C23H23N3O5S. The molecule has 1 amide bonds. The molecule has 8 nitrogen and oxygen atoms in total. The quantitative estimate of drug-likeness (QED) is 0.353. The fourth-order valence-corrected chi connectivity index (χ4v) is 4.34. The van der Waals surface area contributed by atoms with Crippen molar-refractivity contribution in [3.05, 3.63) is 78.1 Å². The first-order valence-corrected chi connectivity index (χ1v) is 11.3. The Bertz CT molecular complexity index is 1060. The lowest BCUT2D eigenvalue weighted by Crippen LogP contribution is -2.32. The molecule has 9 heteroatoms. The molecule has 0 radical (unpaired) electrons. The van der Waals surface area contributed by atoms with E-state index in [0.717, 1.165) is 10.1 Å². The van der Waals surface area contributed by atoms with Crippen LogP contribution >= 0.6 is 11.8 Å². The summed E-state index contributed by atoms with van der Waals surface area (Å²) < 4.78 is 11.3. The summed E-state index contributed by atoms with van der Waals surface area (Å²) in [4.78, 5) is 39.9. The maximum Gasteiger partial charge on any atom is 0.351 e. The molecule has 0 bridgehead atoms. The van der Waals surface area contributed by atoms with Gasteiger partial charge in [-0.2, -0.15) is 0 Å². The molecule has 4 rings (SSSR count). The average Bonchev–Trinajstić information content (AvgIpc) is 3.41. The summed E-state index contributed by atoms with van der Waals surface area (Å²) in [5, 5.41) is 1.88. The second-order valence-electron chi connectivity index (χ2n) is 7.21. The van der Waals surface area contributed by atoms with Gasteiger partial charge in [-0.3, -0.25) is 4.79 Å². The molecule has 3 atom stereocenters. The largest absolute Gasteiger partial charge is 0.448 e. The van der Waals surface area contributed by atoms with Crippen LogP contribution in [-0.2, 0) is 19.2 Å². The maximum atomic E-state index is 13.3. The van der Waals surface area contributed by atoms with Crippen molar-refractivity contribution in [2.24, 2.45) is 0 Å². The van der Waals surface area contributed by atoms with Crippen molar-refractivity contribution in [1.29, 1.82) is 0 Å². The number of benzene rings is 1. The minimum atomic E-state index is -1.20. The van der Waals surface area contributed by atoms with E-state index in [4.69, 9.17) is 14.0 Å². The summed E-state index contributed by atoms with van der Waals surface area (Å²) in [6.07, 6.45) is 2.15. The van der Waals surface area contributed by atoms with Crippen LogP contribution < -0.4 is 0 Å². The van der Waals surface area contributed by atoms with Crippen LogP contribution in [0.2, 0.25) is 0 Å². The number of hydroxylamine groups is 2. The SMILES string of the molecule is CCOC(c1ccccc1)N1OC(=O)C(c2ncoc2C(C)CSc2ccccn2)C1=O. The fourth-order valence-electron chi connectivity index (χ4n) is 3.46. The van der Waals surface area contributed by atoms with Crippen molar-refractivity contribution in [3.8, 4) is 0 Å². The molecule has 3 heterocycles. The molecule has 0 saturated carbocycles. The normalized spacial score (nSPS) is 17.9. The Hall–Kier alpha value is -3.17. The summed E-state index contributed by atoms with van der Waals surface area (Å²) in [7, 11) is 0. The van der Waals surface area contributed by atoms with Gasteiger partial charge in [0, 0.05) is 30.0 Å². The number of pyridine rings is 1. The number of thioether (sulfide) groups is 1. The van der Waals surface area contributed by atoms with Crippen molar-refractivity contribution in [3.63, 3.8) is 0 Å². The molecule has 1 saturated heterocycles. The molecule has 1 aromatic carbocycles. The predicted molar refractivity (Wildman–Crippen MR) is 116 cm³/mol. The smallest absolute Gasteiger partial charge is 0.351 e. The second kappa shape index (κ2) is 9.97. The lowest BCUT2D eigenvalue weighted by molar-refractivity contribution is -0.223. The topological polar surface area (TPSA) is 94.8 Å². The summed E-state index contributed by atoms with van der Waals surface area (Å²) in [6, 6.07) is 14.8. The zero-order chi connectivity index (χ0) is 22.5. The summed E-state index contributed by atoms with van der Waals surface area (Å²) in [5.74, 6) is -1.40. The number of nitrogens with zero attached hydrogens (tertiary/aromatic N) is 3. The lowest BCUT2D eigenvalue weighted by atomic mass is 9.99. The Morgan fingerprint density at radius 2 is 1.91 bits per heavy atom. The summed E-state index contributed by atoms with van der Waals surface area (Å²) in [6.45, 7) is 4.10. The van der Waals surface area contributed by atoms with Crippen molar-refractivity contribution in [2.45, 2.75) is 36.9 Å². The Morgan fingerprint density at radius 3 is 2.62 bits per heavy atom. The molecule has 0 spiro atoms. The van der Waals surface area contributed by atoms with Gasteiger partial charge >= 0.3 is 5.97 Å². The third-order valence-electron chi connectivity index (χ3n) is 4.97. The standard InChI is InChI=1S/C23H23N3O5S/c1-3-29-22(16-9-5-4-6-10-16)26-21(27)18(23(28)31-26)19-20(30-14-25-19)15(2)13-32-17-11-7-8-12-24-17/h4-12,14-15,18,22H,3,13H2,1-2H3. The van der Waals surface area contributed by atoms with Gasteiger partial charge in [-0.15, -0.1) is 16.8 Å². The molecule has 1 fully saturated rings. The van der Waals surface area contributed by atoms with Crippen LogP contribution in [0, 0.1) is 0 Å². The summed E-state index contributed by atoms with van der Waals surface area (Å²) in [5.41, 5.74) is 0.983. The maximum absolute atomic E-state index is 13.3. The van der Waals surface area contributed by atoms with Crippen molar-refractivity contribution in [2.75, 3.05) is 12.4 Å². The molecule has 2 aromatic heterocycles. The predicted octanol–water partition coefficient (Wildman–Crippen LogP) is 4.08. The summed E-state index contributed by atoms with van der Waals surface area (Å²) >= 11 is 1.56. The highest BCUT2D eigenvalue weighted by molar-refractivity contribution is 7.99. The van der Waals surface area contributed by atoms with Gasteiger partial charge < -0.3 is 14.0 Å². The fraction of sp³-hybridized carbons (Fsp3) is 0.304. The second-order valence-corrected chi connectivity index (χ2v) is 8.25. The molecule has 1 aliphatic heterocycles. The van der Waals surface area contributed by atoms with Crippen molar-refractivity contribution >= 4 is 23.6 Å². The van der Waals surface area contributed by atoms with Crippen LogP contribution in [0.15, 0.2) is 70.6 Å². The molecule has 32 heavy (non-hydrogen) atoms. The van der Waals surface area contributed by atoms with E-state index >= 15 is 0 Å². The molecule has 0 aliphatic carbocycles. The van der Waals surface area contributed by atoms with Crippen LogP contribution in [-0.4, -0.2) is 39.3 Å². The van der Waals surface area contributed by atoms with Crippen LogP contribution in [0.5, 0.6) is 0 Å². The highest BCUT2D eigenvalue weighted by atomic mass is 32.2. The van der Waals surface area contributed by atoms with Gasteiger partial charge in [0.1, 0.15) is 11.5 Å². The molecule has 3 unspecified atom stereocenters. The van der Waals surface area contributed by atoms with Gasteiger partial charge in [0.2, 0.25) is 0 Å². The average molecular weight is 454 g/mol. The third kappa shape index (κ3) is 4.53. The highest BCUT2D eigenvalue weighted by Gasteiger charge is 2.49.